The Kier molecular flexibility index (Phi) is 7.38. The smallest absolute Gasteiger partial charge is 0.255 e. The van der Waals surface area contributed by atoms with Gasteiger partial charge in [-0.15, -0.1) is 0 Å². The molecule has 0 radical (unpaired) electrons. The van der Waals surface area contributed by atoms with E-state index in [9.17, 15) is 13.6 Å². The fraction of sp³-hybridized carbons (Fsp3) is 0.233. The summed E-state index contributed by atoms with van der Waals surface area (Å²) in [5, 5.41) is 0.566. The van der Waals surface area contributed by atoms with Crippen molar-refractivity contribution >= 4 is 23.2 Å². The molecule has 1 fully saturated rings. The Labute approximate surface area is 225 Å². The fourth-order valence-corrected chi connectivity index (χ4v) is 5.07. The minimum absolute atomic E-state index is 0.128. The van der Waals surface area contributed by atoms with Crippen LogP contribution in [0.25, 0.3) is 16.9 Å². The van der Waals surface area contributed by atoms with E-state index in [1.54, 1.807) is 29.7 Å². The second-order valence-corrected chi connectivity index (χ2v) is 9.58. The normalized spacial score (nSPS) is 13.6. The highest BCUT2D eigenvalue weighted by Gasteiger charge is 2.28. The minimum atomic E-state index is -0.709. The first-order chi connectivity index (χ1) is 18.4. The molecule has 5 nitrogen and oxygen atoms in total. The zero-order valence-electron chi connectivity index (χ0n) is 21.3. The van der Waals surface area contributed by atoms with Crippen molar-refractivity contribution < 1.29 is 18.3 Å². The summed E-state index contributed by atoms with van der Waals surface area (Å²) in [6.07, 6.45) is 0. The van der Waals surface area contributed by atoms with Gasteiger partial charge >= 0.3 is 0 Å². The van der Waals surface area contributed by atoms with Gasteiger partial charge in [0.25, 0.3) is 5.91 Å². The molecule has 5 rings (SSSR count). The highest BCUT2D eigenvalue weighted by atomic mass is 35.5. The van der Waals surface area contributed by atoms with E-state index in [1.807, 2.05) is 48.2 Å². The van der Waals surface area contributed by atoms with Crippen LogP contribution in [0.1, 0.15) is 23.0 Å². The number of benzene rings is 3. The van der Waals surface area contributed by atoms with Gasteiger partial charge in [-0.25, -0.2) is 8.78 Å². The molecule has 4 aromatic rings. The average Bonchev–Trinajstić information content (AvgIpc) is 3.26. The van der Waals surface area contributed by atoms with Gasteiger partial charge < -0.3 is 19.1 Å². The molecule has 1 amide bonds. The predicted molar refractivity (Wildman–Crippen MR) is 147 cm³/mol. The number of nitrogens with zero attached hydrogens (tertiary/aromatic N) is 3. The molecular weight excluding hydrogens is 508 g/mol. The lowest BCUT2D eigenvalue weighted by Gasteiger charge is -2.36. The SMILES string of the molecule is CCOc1ccccc1N1CCN(C(=O)c2cc(-c3ccc(Cl)cc3)n(-c3ccc(F)cc3F)c2C)CC1. The number of ether oxygens (including phenoxy) is 1. The van der Waals surface area contributed by atoms with E-state index in [0.717, 1.165) is 23.1 Å². The van der Waals surface area contributed by atoms with Gasteiger partial charge in [-0.05, 0) is 61.9 Å². The van der Waals surface area contributed by atoms with Crippen molar-refractivity contribution in [3.8, 4) is 22.7 Å². The maximum absolute atomic E-state index is 14.9. The standard InChI is InChI=1S/C30H28ClF2N3O2/c1-3-38-29-7-5-4-6-27(29)34-14-16-35(17-15-34)30(37)24-19-28(21-8-10-22(31)11-9-21)36(20(24)2)26-13-12-23(32)18-25(26)33/h4-13,18-19H,3,14-17H2,1-2H3. The van der Waals surface area contributed by atoms with Gasteiger partial charge in [-0.3, -0.25) is 4.79 Å². The molecule has 1 saturated heterocycles. The number of carbonyl (C=O) groups excluding carboxylic acids is 1. The number of rotatable bonds is 6. The third kappa shape index (κ3) is 4.98. The Morgan fingerprint density at radius 3 is 2.32 bits per heavy atom. The molecule has 0 N–H and O–H groups in total. The molecule has 0 bridgehead atoms. The summed E-state index contributed by atoms with van der Waals surface area (Å²) in [5.41, 5.74) is 3.62. The van der Waals surface area contributed by atoms with Gasteiger partial charge in [-0.2, -0.15) is 0 Å². The van der Waals surface area contributed by atoms with E-state index in [0.29, 0.717) is 54.8 Å². The number of para-hydroxylation sites is 2. The molecule has 1 aliphatic heterocycles. The fourth-order valence-electron chi connectivity index (χ4n) is 4.95. The topological polar surface area (TPSA) is 37.7 Å². The zero-order valence-corrected chi connectivity index (χ0v) is 22.0. The molecule has 196 valence electrons. The van der Waals surface area contributed by atoms with E-state index in [4.69, 9.17) is 16.3 Å². The number of amides is 1. The Morgan fingerprint density at radius 1 is 0.921 bits per heavy atom. The molecule has 0 atom stereocenters. The van der Waals surface area contributed by atoms with Crippen LogP contribution in [0, 0.1) is 18.6 Å². The van der Waals surface area contributed by atoms with Crippen molar-refractivity contribution in [2.45, 2.75) is 13.8 Å². The van der Waals surface area contributed by atoms with Gasteiger partial charge in [0.05, 0.1) is 29.2 Å². The predicted octanol–water partition coefficient (Wildman–Crippen LogP) is 6.75. The molecular formula is C30H28ClF2N3O2. The Morgan fingerprint density at radius 2 is 1.63 bits per heavy atom. The maximum Gasteiger partial charge on any atom is 0.255 e. The Hall–Kier alpha value is -3.84. The summed E-state index contributed by atoms with van der Waals surface area (Å²) in [6.45, 7) is 6.70. The second-order valence-electron chi connectivity index (χ2n) is 9.15. The monoisotopic (exact) mass is 535 g/mol. The number of hydrogen-bond donors (Lipinski definition) is 0. The highest BCUT2D eigenvalue weighted by molar-refractivity contribution is 6.30. The average molecular weight is 536 g/mol. The van der Waals surface area contributed by atoms with E-state index < -0.39 is 11.6 Å². The lowest BCUT2D eigenvalue weighted by molar-refractivity contribution is 0.0746. The summed E-state index contributed by atoms with van der Waals surface area (Å²) in [6, 6.07) is 20.3. The highest BCUT2D eigenvalue weighted by Crippen LogP contribution is 2.33. The number of aromatic nitrogens is 1. The molecule has 0 saturated carbocycles. The maximum atomic E-state index is 14.9. The van der Waals surface area contributed by atoms with Crippen LogP contribution in [0.2, 0.25) is 5.02 Å². The van der Waals surface area contributed by atoms with Crippen molar-refractivity contribution in [3.63, 3.8) is 0 Å². The van der Waals surface area contributed by atoms with Gasteiger partial charge in [0.15, 0.2) is 0 Å². The van der Waals surface area contributed by atoms with Crippen molar-refractivity contribution in [3.05, 3.63) is 101 Å². The van der Waals surface area contributed by atoms with E-state index in [2.05, 4.69) is 4.90 Å². The van der Waals surface area contributed by atoms with Gasteiger partial charge in [0, 0.05) is 43.0 Å². The third-order valence-corrected chi connectivity index (χ3v) is 7.09. The van der Waals surface area contributed by atoms with E-state index in [1.165, 1.54) is 12.1 Å². The van der Waals surface area contributed by atoms with Crippen LogP contribution >= 0.6 is 11.6 Å². The third-order valence-electron chi connectivity index (χ3n) is 6.84. The summed E-state index contributed by atoms with van der Waals surface area (Å²) in [5.74, 6) is -0.669. The Bertz CT molecular complexity index is 1460. The molecule has 3 aromatic carbocycles. The van der Waals surface area contributed by atoms with Gasteiger partial charge in [0.2, 0.25) is 0 Å². The molecule has 8 heteroatoms. The summed E-state index contributed by atoms with van der Waals surface area (Å²) >= 11 is 6.09. The molecule has 1 aromatic heterocycles. The first-order valence-corrected chi connectivity index (χ1v) is 12.9. The zero-order chi connectivity index (χ0) is 26.8. The molecule has 0 unspecified atom stereocenters. The van der Waals surface area contributed by atoms with Crippen LogP contribution in [-0.4, -0.2) is 48.2 Å². The summed E-state index contributed by atoms with van der Waals surface area (Å²) in [4.78, 5) is 17.8. The quantitative estimate of drug-likeness (QED) is 0.274. The molecule has 2 heterocycles. The largest absolute Gasteiger partial charge is 0.492 e. The van der Waals surface area contributed by atoms with Crippen LogP contribution < -0.4 is 9.64 Å². The first-order valence-electron chi connectivity index (χ1n) is 12.6. The number of hydrogen-bond acceptors (Lipinski definition) is 3. The number of halogens is 3. The van der Waals surface area contributed by atoms with Crippen LogP contribution in [0.5, 0.6) is 5.75 Å². The van der Waals surface area contributed by atoms with Crippen molar-refractivity contribution in [1.82, 2.24) is 9.47 Å². The van der Waals surface area contributed by atoms with E-state index in [-0.39, 0.29) is 11.6 Å². The number of carbonyl (C=O) groups is 1. The van der Waals surface area contributed by atoms with Crippen molar-refractivity contribution in [1.29, 1.82) is 0 Å². The summed E-state index contributed by atoms with van der Waals surface area (Å²) in [7, 11) is 0. The van der Waals surface area contributed by atoms with Crippen molar-refractivity contribution in [2.75, 3.05) is 37.7 Å². The van der Waals surface area contributed by atoms with E-state index >= 15 is 0 Å². The molecule has 1 aliphatic rings. The lowest BCUT2D eigenvalue weighted by Crippen LogP contribution is -2.49. The Balaban J connectivity index is 1.46. The molecule has 38 heavy (non-hydrogen) atoms. The number of anilines is 1. The summed E-state index contributed by atoms with van der Waals surface area (Å²) < 4.78 is 36.1. The van der Waals surface area contributed by atoms with Crippen LogP contribution in [0.15, 0.2) is 72.8 Å². The lowest BCUT2D eigenvalue weighted by atomic mass is 10.1. The van der Waals surface area contributed by atoms with Crippen LogP contribution in [0.4, 0.5) is 14.5 Å². The van der Waals surface area contributed by atoms with Crippen LogP contribution in [0.3, 0.4) is 0 Å². The minimum Gasteiger partial charge on any atom is -0.492 e. The molecule has 0 spiro atoms. The van der Waals surface area contributed by atoms with Crippen molar-refractivity contribution in [2.24, 2.45) is 0 Å². The second kappa shape index (κ2) is 10.9. The number of piperazine rings is 1. The first kappa shape index (κ1) is 25.8. The van der Waals surface area contributed by atoms with Gasteiger partial charge in [-0.1, -0.05) is 35.9 Å². The van der Waals surface area contributed by atoms with Gasteiger partial charge in [0.1, 0.15) is 17.4 Å². The molecule has 0 aliphatic carbocycles. The van der Waals surface area contributed by atoms with Crippen LogP contribution in [-0.2, 0) is 0 Å².